The van der Waals surface area contributed by atoms with Crippen molar-refractivity contribution in [1.29, 1.82) is 0 Å². The summed E-state index contributed by atoms with van der Waals surface area (Å²) >= 11 is 0. The van der Waals surface area contributed by atoms with Crippen molar-refractivity contribution in [1.82, 2.24) is 0 Å². The zero-order chi connectivity index (χ0) is 21.3. The number of carbonyl (C=O) groups excluding carboxylic acids is 2. The highest BCUT2D eigenvalue weighted by molar-refractivity contribution is 5.50. The van der Waals surface area contributed by atoms with E-state index in [0.717, 1.165) is 12.8 Å². The number of benzene rings is 3. The number of nitrogens with zero attached hydrogens (tertiary/aromatic N) is 2. The van der Waals surface area contributed by atoms with Crippen molar-refractivity contribution in [2.45, 2.75) is 38.5 Å². The molecule has 150 valence electrons. The van der Waals surface area contributed by atoms with E-state index in [9.17, 15) is 9.59 Å². The third kappa shape index (κ3) is 5.71. The monoisotopic (exact) mass is 396 g/mol. The van der Waals surface area contributed by atoms with Crippen LogP contribution >= 0.6 is 0 Å². The van der Waals surface area contributed by atoms with E-state index in [2.05, 4.69) is 48.1 Å². The molecule has 0 N–H and O–H groups in total. The summed E-state index contributed by atoms with van der Waals surface area (Å²) in [4.78, 5) is 28.0. The summed E-state index contributed by atoms with van der Waals surface area (Å²) < 4.78 is 0. The zero-order valence-corrected chi connectivity index (χ0v) is 17.2. The van der Waals surface area contributed by atoms with Gasteiger partial charge in [-0.05, 0) is 71.2 Å². The van der Waals surface area contributed by atoms with Crippen LogP contribution in [-0.2, 0) is 22.4 Å². The molecule has 0 saturated heterocycles. The molecule has 0 saturated carbocycles. The molecule has 0 aliphatic carbocycles. The summed E-state index contributed by atoms with van der Waals surface area (Å²) in [6.07, 6.45) is 4.97. The molecule has 2 atom stereocenters. The fourth-order valence-corrected chi connectivity index (χ4v) is 3.63. The molecule has 3 aromatic carbocycles. The van der Waals surface area contributed by atoms with Gasteiger partial charge in [-0.25, -0.2) is 9.59 Å². The number of aliphatic imine (C=N–C) groups is 2. The van der Waals surface area contributed by atoms with E-state index in [1.165, 1.54) is 22.3 Å². The van der Waals surface area contributed by atoms with Crippen molar-refractivity contribution in [3.8, 4) is 0 Å². The molecule has 0 aromatic heterocycles. The normalized spacial score (nSPS) is 12.3. The molecule has 0 radical (unpaired) electrons. The van der Waals surface area contributed by atoms with Crippen LogP contribution in [0.5, 0.6) is 0 Å². The van der Waals surface area contributed by atoms with E-state index in [-0.39, 0.29) is 0 Å². The van der Waals surface area contributed by atoms with Crippen LogP contribution in [0.3, 0.4) is 0 Å². The molecule has 0 bridgehead atoms. The first kappa shape index (κ1) is 21.1. The van der Waals surface area contributed by atoms with Gasteiger partial charge in [-0.3, -0.25) is 0 Å². The lowest BCUT2D eigenvalue weighted by atomic mass is 9.88. The average molecular weight is 396 g/mol. The molecule has 0 heterocycles. The van der Waals surface area contributed by atoms with Gasteiger partial charge in [0, 0.05) is 0 Å². The van der Waals surface area contributed by atoms with Crippen LogP contribution in [-0.4, -0.2) is 12.2 Å². The number of hydrogen-bond donors (Lipinski definition) is 0. The lowest BCUT2D eigenvalue weighted by molar-refractivity contribution is 0.564. The summed E-state index contributed by atoms with van der Waals surface area (Å²) in [7, 11) is 0. The molecule has 0 fully saturated rings. The summed E-state index contributed by atoms with van der Waals surface area (Å²) in [5, 5.41) is 0. The summed E-state index contributed by atoms with van der Waals surface area (Å²) in [5.41, 5.74) is 6.30. The van der Waals surface area contributed by atoms with Crippen LogP contribution in [0.2, 0.25) is 0 Å². The highest BCUT2D eigenvalue weighted by Gasteiger charge is 2.11. The maximum Gasteiger partial charge on any atom is 0.240 e. The van der Waals surface area contributed by atoms with Gasteiger partial charge in [0.15, 0.2) is 0 Å². The topological polar surface area (TPSA) is 58.9 Å². The van der Waals surface area contributed by atoms with Crippen LogP contribution in [0.25, 0.3) is 0 Å². The fraction of sp³-hybridized carbons (Fsp3) is 0.231. The van der Waals surface area contributed by atoms with Crippen molar-refractivity contribution >= 4 is 23.5 Å². The maximum absolute atomic E-state index is 10.4. The Labute approximate surface area is 177 Å². The quantitative estimate of drug-likeness (QED) is 0.331. The van der Waals surface area contributed by atoms with Gasteiger partial charge in [-0.1, -0.05) is 62.4 Å². The Hall–Kier alpha value is -3.58. The number of isocyanates is 2. The Balaban J connectivity index is 1.67. The van der Waals surface area contributed by atoms with E-state index < -0.39 is 0 Å². The Morgan fingerprint density at radius 2 is 1.07 bits per heavy atom. The summed E-state index contributed by atoms with van der Waals surface area (Å²) in [6, 6.07) is 24.2. The summed E-state index contributed by atoms with van der Waals surface area (Å²) in [6.45, 7) is 4.46. The molecule has 0 aliphatic heterocycles. The van der Waals surface area contributed by atoms with Crippen molar-refractivity contribution in [3.05, 3.63) is 95.1 Å². The van der Waals surface area contributed by atoms with E-state index in [1.807, 2.05) is 48.5 Å². The van der Waals surface area contributed by atoms with Crippen LogP contribution in [0, 0.1) is 0 Å². The number of rotatable bonds is 8. The highest BCUT2D eigenvalue weighted by atomic mass is 16.1. The lowest BCUT2D eigenvalue weighted by Gasteiger charge is -2.17. The molecule has 0 amide bonds. The molecule has 30 heavy (non-hydrogen) atoms. The van der Waals surface area contributed by atoms with E-state index in [1.54, 1.807) is 12.2 Å². The van der Waals surface area contributed by atoms with E-state index in [4.69, 9.17) is 0 Å². The molecule has 0 spiro atoms. The SMILES string of the molecule is CC(Cc1ccc(N=C=O)cc1)c1cccc(C(C)Cc2ccc(N=C=O)cc2)c1. The Morgan fingerprint density at radius 3 is 1.43 bits per heavy atom. The van der Waals surface area contributed by atoms with Crippen LogP contribution in [0.1, 0.15) is 47.9 Å². The molecular formula is C26H24N2O2. The molecule has 4 nitrogen and oxygen atoms in total. The second-order valence-electron chi connectivity index (χ2n) is 7.62. The molecule has 3 aromatic rings. The van der Waals surface area contributed by atoms with E-state index in [0.29, 0.717) is 23.2 Å². The third-order valence-electron chi connectivity index (χ3n) is 5.35. The lowest BCUT2D eigenvalue weighted by Crippen LogP contribution is -2.02. The van der Waals surface area contributed by atoms with Gasteiger partial charge in [-0.2, -0.15) is 9.98 Å². The van der Waals surface area contributed by atoms with Gasteiger partial charge in [0.05, 0.1) is 11.4 Å². The Morgan fingerprint density at radius 1 is 0.667 bits per heavy atom. The average Bonchev–Trinajstić information content (AvgIpc) is 2.77. The maximum atomic E-state index is 10.4. The Bertz CT molecular complexity index is 990. The first-order valence-electron chi connectivity index (χ1n) is 10.0. The van der Waals surface area contributed by atoms with Gasteiger partial charge < -0.3 is 0 Å². The van der Waals surface area contributed by atoms with Crippen LogP contribution in [0.4, 0.5) is 11.4 Å². The van der Waals surface area contributed by atoms with Gasteiger partial charge >= 0.3 is 0 Å². The van der Waals surface area contributed by atoms with Gasteiger partial charge in [0.25, 0.3) is 0 Å². The largest absolute Gasteiger partial charge is 0.240 e. The minimum atomic E-state index is 0.373. The van der Waals surface area contributed by atoms with Crippen molar-refractivity contribution < 1.29 is 9.59 Å². The Kier molecular flexibility index (Phi) is 7.24. The first-order chi connectivity index (χ1) is 14.6. The van der Waals surface area contributed by atoms with Crippen molar-refractivity contribution in [3.63, 3.8) is 0 Å². The highest BCUT2D eigenvalue weighted by Crippen LogP contribution is 2.27. The minimum absolute atomic E-state index is 0.373. The molecule has 2 unspecified atom stereocenters. The van der Waals surface area contributed by atoms with E-state index >= 15 is 0 Å². The summed E-state index contributed by atoms with van der Waals surface area (Å²) in [5.74, 6) is 0.746. The number of hydrogen-bond acceptors (Lipinski definition) is 4. The van der Waals surface area contributed by atoms with Gasteiger partial charge in [0.2, 0.25) is 12.2 Å². The predicted octanol–water partition coefficient (Wildman–Crippen LogP) is 6.31. The van der Waals surface area contributed by atoms with Gasteiger partial charge in [0.1, 0.15) is 0 Å². The second kappa shape index (κ2) is 10.3. The molecular weight excluding hydrogens is 372 g/mol. The second-order valence-corrected chi connectivity index (χ2v) is 7.62. The fourth-order valence-electron chi connectivity index (χ4n) is 3.63. The van der Waals surface area contributed by atoms with Crippen LogP contribution in [0.15, 0.2) is 82.8 Å². The zero-order valence-electron chi connectivity index (χ0n) is 17.2. The minimum Gasteiger partial charge on any atom is -0.211 e. The standard InChI is InChI=1S/C26H24N2O2/c1-19(14-21-6-10-25(11-7-21)27-17-29)23-4-3-5-24(16-23)20(2)15-22-8-12-26(13-9-22)28-18-30/h3-13,16,19-20H,14-15H2,1-2H3. The van der Waals surface area contributed by atoms with Crippen molar-refractivity contribution in [2.75, 3.05) is 0 Å². The molecule has 4 heteroatoms. The third-order valence-corrected chi connectivity index (χ3v) is 5.35. The van der Waals surface area contributed by atoms with Crippen molar-refractivity contribution in [2.24, 2.45) is 9.98 Å². The molecule has 0 aliphatic rings. The first-order valence-corrected chi connectivity index (χ1v) is 10.0. The predicted molar refractivity (Wildman–Crippen MR) is 119 cm³/mol. The van der Waals surface area contributed by atoms with Gasteiger partial charge in [-0.15, -0.1) is 0 Å². The smallest absolute Gasteiger partial charge is 0.211 e. The molecule has 3 rings (SSSR count). The van der Waals surface area contributed by atoms with Crippen LogP contribution < -0.4 is 0 Å².